The van der Waals surface area contributed by atoms with Gasteiger partial charge in [-0.2, -0.15) is 4.31 Å². The van der Waals surface area contributed by atoms with Crippen molar-refractivity contribution in [1.82, 2.24) is 14.5 Å². The van der Waals surface area contributed by atoms with Gasteiger partial charge in [-0.15, -0.1) is 0 Å². The van der Waals surface area contributed by atoms with Crippen molar-refractivity contribution in [1.29, 1.82) is 0 Å². The van der Waals surface area contributed by atoms with Crippen LogP contribution in [0.1, 0.15) is 12.0 Å². The molecule has 5 nitrogen and oxygen atoms in total. The smallest absolute Gasteiger partial charge is 0.244 e. The van der Waals surface area contributed by atoms with Crippen LogP contribution in [-0.2, 0) is 10.0 Å². The zero-order chi connectivity index (χ0) is 15.7. The van der Waals surface area contributed by atoms with Gasteiger partial charge in [0.2, 0.25) is 10.0 Å². The Balaban J connectivity index is 1.71. The van der Waals surface area contributed by atoms with E-state index >= 15 is 0 Å². The predicted octanol–water partition coefficient (Wildman–Crippen LogP) is 1.32. The summed E-state index contributed by atoms with van der Waals surface area (Å²) in [7, 11) is -3.50. The Kier molecular flexibility index (Phi) is 4.75. The van der Waals surface area contributed by atoms with Crippen molar-refractivity contribution in [2.75, 3.05) is 39.3 Å². The molecular formula is C15H22ClN3O2S. The van der Waals surface area contributed by atoms with Crippen LogP contribution in [0.3, 0.4) is 0 Å². The van der Waals surface area contributed by atoms with Crippen molar-refractivity contribution in [3.63, 3.8) is 0 Å². The highest BCUT2D eigenvalue weighted by Gasteiger charge is 2.32. The van der Waals surface area contributed by atoms with E-state index in [9.17, 15) is 8.42 Å². The lowest BCUT2D eigenvalue weighted by molar-refractivity contribution is 0.145. The molecule has 0 bridgehead atoms. The molecule has 22 heavy (non-hydrogen) atoms. The van der Waals surface area contributed by atoms with Crippen LogP contribution in [0.2, 0.25) is 5.02 Å². The average Bonchev–Trinajstić information content (AvgIpc) is 3.01. The number of hydrogen-bond acceptors (Lipinski definition) is 4. The molecule has 2 fully saturated rings. The van der Waals surface area contributed by atoms with Crippen LogP contribution in [0.5, 0.6) is 0 Å². The standard InChI is InChI=1S/C15H22ClN3O2S/c1-12-2-3-15(14(16)10-12)22(20,21)19-8-6-18(7-9-19)13-4-5-17-11-13/h2-3,10,13,17H,4-9,11H2,1H3. The molecule has 0 saturated carbocycles. The normalized spacial score (nSPS) is 24.7. The van der Waals surface area contributed by atoms with E-state index in [4.69, 9.17) is 11.6 Å². The molecule has 1 N–H and O–H groups in total. The molecular weight excluding hydrogens is 322 g/mol. The molecule has 1 atom stereocenters. The third-order valence-corrected chi connectivity index (χ3v) is 6.91. The highest BCUT2D eigenvalue weighted by Crippen LogP contribution is 2.26. The van der Waals surface area contributed by atoms with E-state index in [2.05, 4.69) is 10.2 Å². The zero-order valence-electron chi connectivity index (χ0n) is 12.8. The second-order valence-electron chi connectivity index (χ2n) is 6.02. The largest absolute Gasteiger partial charge is 0.315 e. The highest BCUT2D eigenvalue weighted by molar-refractivity contribution is 7.89. The number of sulfonamides is 1. The van der Waals surface area contributed by atoms with Gasteiger partial charge in [-0.3, -0.25) is 4.90 Å². The number of hydrogen-bond donors (Lipinski definition) is 1. The fraction of sp³-hybridized carbons (Fsp3) is 0.600. The van der Waals surface area contributed by atoms with Crippen LogP contribution in [0.4, 0.5) is 0 Å². The fourth-order valence-electron chi connectivity index (χ4n) is 3.21. The predicted molar refractivity (Wildman–Crippen MR) is 87.8 cm³/mol. The van der Waals surface area contributed by atoms with E-state index in [1.807, 2.05) is 6.92 Å². The fourth-order valence-corrected chi connectivity index (χ4v) is 5.21. The molecule has 1 aromatic carbocycles. The van der Waals surface area contributed by atoms with Gasteiger partial charge in [0.1, 0.15) is 4.90 Å². The van der Waals surface area contributed by atoms with E-state index in [0.717, 1.165) is 38.2 Å². The van der Waals surface area contributed by atoms with Gasteiger partial charge in [0.15, 0.2) is 0 Å². The summed E-state index contributed by atoms with van der Waals surface area (Å²) in [5, 5.41) is 3.67. The molecule has 0 amide bonds. The number of nitrogens with zero attached hydrogens (tertiary/aromatic N) is 2. The lowest BCUT2D eigenvalue weighted by atomic mass is 10.2. The Labute approximate surface area is 137 Å². The van der Waals surface area contributed by atoms with Crippen LogP contribution in [0, 0.1) is 6.92 Å². The van der Waals surface area contributed by atoms with E-state index in [1.165, 1.54) is 0 Å². The number of benzene rings is 1. The maximum Gasteiger partial charge on any atom is 0.244 e. The second kappa shape index (κ2) is 6.45. The van der Waals surface area contributed by atoms with Gasteiger partial charge in [-0.25, -0.2) is 8.42 Å². The molecule has 0 radical (unpaired) electrons. The molecule has 3 rings (SSSR count). The van der Waals surface area contributed by atoms with Gasteiger partial charge in [0.05, 0.1) is 5.02 Å². The quantitative estimate of drug-likeness (QED) is 0.899. The number of nitrogens with one attached hydrogen (secondary N) is 1. The topological polar surface area (TPSA) is 52.7 Å². The van der Waals surface area contributed by atoms with Crippen LogP contribution in [0.15, 0.2) is 23.1 Å². The number of halogens is 1. The summed E-state index contributed by atoms with van der Waals surface area (Å²) in [5.74, 6) is 0. The summed E-state index contributed by atoms with van der Waals surface area (Å²) in [6.45, 7) is 6.60. The Morgan fingerprint density at radius 3 is 2.55 bits per heavy atom. The summed E-state index contributed by atoms with van der Waals surface area (Å²) < 4.78 is 27.1. The first-order valence-corrected chi connectivity index (χ1v) is 9.51. The molecule has 122 valence electrons. The molecule has 0 aromatic heterocycles. The van der Waals surface area contributed by atoms with E-state index in [-0.39, 0.29) is 4.90 Å². The van der Waals surface area contributed by atoms with Gasteiger partial charge < -0.3 is 5.32 Å². The molecule has 1 unspecified atom stereocenters. The van der Waals surface area contributed by atoms with Crippen LogP contribution in [-0.4, -0.2) is 62.9 Å². The average molecular weight is 344 g/mol. The highest BCUT2D eigenvalue weighted by atomic mass is 35.5. The molecule has 1 aromatic rings. The van der Waals surface area contributed by atoms with Crippen molar-refractivity contribution in [3.05, 3.63) is 28.8 Å². The molecule has 2 aliphatic rings. The first-order chi connectivity index (χ1) is 10.5. The third-order valence-electron chi connectivity index (χ3n) is 4.53. The second-order valence-corrected chi connectivity index (χ2v) is 8.33. The van der Waals surface area contributed by atoms with Crippen LogP contribution < -0.4 is 5.32 Å². The molecule has 0 spiro atoms. The summed E-state index contributed by atoms with van der Waals surface area (Å²) >= 11 is 6.14. The van der Waals surface area contributed by atoms with Gasteiger partial charge in [0.25, 0.3) is 0 Å². The third kappa shape index (κ3) is 3.16. The van der Waals surface area contributed by atoms with Crippen molar-refractivity contribution < 1.29 is 8.42 Å². The molecule has 2 aliphatic heterocycles. The van der Waals surface area contributed by atoms with Crippen molar-refractivity contribution in [2.24, 2.45) is 0 Å². The van der Waals surface area contributed by atoms with Crippen LogP contribution >= 0.6 is 11.6 Å². The molecule has 7 heteroatoms. The van der Waals surface area contributed by atoms with Gasteiger partial charge >= 0.3 is 0 Å². The first-order valence-electron chi connectivity index (χ1n) is 7.69. The first kappa shape index (κ1) is 16.2. The van der Waals surface area contributed by atoms with E-state index in [0.29, 0.717) is 24.2 Å². The molecule has 2 heterocycles. The van der Waals surface area contributed by atoms with Crippen LogP contribution in [0.25, 0.3) is 0 Å². The maximum atomic E-state index is 12.8. The van der Waals surface area contributed by atoms with Gasteiger partial charge in [-0.1, -0.05) is 17.7 Å². The van der Waals surface area contributed by atoms with Crippen molar-refractivity contribution >= 4 is 21.6 Å². The lowest BCUT2D eigenvalue weighted by Gasteiger charge is -2.37. The lowest BCUT2D eigenvalue weighted by Crippen LogP contribution is -2.52. The van der Waals surface area contributed by atoms with Crippen molar-refractivity contribution in [2.45, 2.75) is 24.3 Å². The van der Waals surface area contributed by atoms with Crippen molar-refractivity contribution in [3.8, 4) is 0 Å². The minimum absolute atomic E-state index is 0.218. The Morgan fingerprint density at radius 2 is 1.95 bits per heavy atom. The molecule has 0 aliphatic carbocycles. The number of piperazine rings is 1. The zero-order valence-corrected chi connectivity index (χ0v) is 14.3. The van der Waals surface area contributed by atoms with E-state index < -0.39 is 10.0 Å². The van der Waals surface area contributed by atoms with Gasteiger partial charge in [-0.05, 0) is 37.6 Å². The molecule has 2 saturated heterocycles. The minimum Gasteiger partial charge on any atom is -0.315 e. The van der Waals surface area contributed by atoms with E-state index in [1.54, 1.807) is 22.5 Å². The monoisotopic (exact) mass is 343 g/mol. The summed E-state index contributed by atoms with van der Waals surface area (Å²) in [6, 6.07) is 5.65. The minimum atomic E-state index is -3.50. The summed E-state index contributed by atoms with van der Waals surface area (Å²) in [4.78, 5) is 2.61. The maximum absolute atomic E-state index is 12.8. The Bertz CT molecular complexity index is 636. The Morgan fingerprint density at radius 1 is 1.23 bits per heavy atom. The summed E-state index contributed by atoms with van der Waals surface area (Å²) in [6.07, 6.45) is 1.15. The Hall–Kier alpha value is -0.660. The number of aryl methyl sites for hydroxylation is 1. The number of rotatable bonds is 3. The summed E-state index contributed by atoms with van der Waals surface area (Å²) in [5.41, 5.74) is 0.961. The van der Waals surface area contributed by atoms with Gasteiger partial charge in [0, 0.05) is 38.8 Å². The SMILES string of the molecule is Cc1ccc(S(=O)(=O)N2CCN(C3CCNC3)CC2)c(Cl)c1.